The minimum absolute atomic E-state index is 0.0825. The number of halogens is 2. The molecule has 0 N–H and O–H groups in total. The lowest BCUT2D eigenvalue weighted by Gasteiger charge is -2.17. The summed E-state index contributed by atoms with van der Waals surface area (Å²) in [4.78, 5) is 0. The Balaban J connectivity index is 1.80. The predicted molar refractivity (Wildman–Crippen MR) is 112 cm³/mol. The Bertz CT molecular complexity index is 1130. The Morgan fingerprint density at radius 2 is 1.86 bits per heavy atom. The fourth-order valence-electron chi connectivity index (χ4n) is 3.39. The Hall–Kier alpha value is -2.43. The third kappa shape index (κ3) is 3.27. The summed E-state index contributed by atoms with van der Waals surface area (Å²) in [6, 6.07) is 15.5. The highest BCUT2D eigenvalue weighted by Gasteiger charge is 2.24. The molecule has 6 heteroatoms. The molecule has 0 saturated carbocycles. The van der Waals surface area contributed by atoms with Crippen LogP contribution in [0.4, 0.5) is 0 Å². The Morgan fingerprint density at radius 1 is 1.11 bits per heavy atom. The summed E-state index contributed by atoms with van der Waals surface area (Å²) in [5, 5.41) is 5.79. The number of aryl methyl sites for hydroxylation is 2. The van der Waals surface area contributed by atoms with Crippen LogP contribution in [0.25, 0.3) is 17.0 Å². The van der Waals surface area contributed by atoms with Crippen LogP contribution in [0.2, 0.25) is 10.0 Å². The second kappa shape index (κ2) is 7.53. The van der Waals surface area contributed by atoms with E-state index in [0.29, 0.717) is 27.3 Å². The minimum Gasteiger partial charge on any atom is -0.478 e. The summed E-state index contributed by atoms with van der Waals surface area (Å²) in [6.07, 6.45) is 0.747. The molecule has 1 unspecified atom stereocenters. The van der Waals surface area contributed by atoms with E-state index < -0.39 is 0 Å². The van der Waals surface area contributed by atoms with Gasteiger partial charge in [-0.2, -0.15) is 9.61 Å². The van der Waals surface area contributed by atoms with Gasteiger partial charge >= 0.3 is 0 Å². The first-order valence-corrected chi connectivity index (χ1v) is 9.91. The molecule has 4 rings (SSSR count). The molecular weight excluding hydrogens is 395 g/mol. The minimum atomic E-state index is -0.0825. The molecule has 0 aliphatic carbocycles. The Kier molecular flexibility index (Phi) is 5.09. The van der Waals surface area contributed by atoms with Crippen LogP contribution in [0.15, 0.2) is 52.9 Å². The first kappa shape index (κ1) is 18.9. The molecule has 0 bridgehead atoms. The van der Waals surface area contributed by atoms with Crippen LogP contribution >= 0.6 is 23.2 Å². The molecule has 0 amide bonds. The third-order valence-corrected chi connectivity index (χ3v) is 5.30. The van der Waals surface area contributed by atoms with E-state index in [2.05, 4.69) is 24.2 Å². The third-order valence-electron chi connectivity index (χ3n) is 4.75. The fourth-order valence-corrected chi connectivity index (χ4v) is 3.89. The van der Waals surface area contributed by atoms with E-state index >= 15 is 0 Å². The zero-order valence-electron chi connectivity index (χ0n) is 15.9. The molecule has 0 aliphatic rings. The molecular formula is C22H20Cl2N2O2. The molecule has 2 aromatic carbocycles. The van der Waals surface area contributed by atoms with Gasteiger partial charge < -0.3 is 9.15 Å². The molecule has 2 aromatic heterocycles. The van der Waals surface area contributed by atoms with Crippen molar-refractivity contribution in [2.75, 3.05) is 0 Å². The summed E-state index contributed by atoms with van der Waals surface area (Å²) < 4.78 is 14.2. The number of oxazole rings is 1. The number of aromatic nitrogens is 2. The molecule has 1 atom stereocenters. The van der Waals surface area contributed by atoms with E-state index in [0.717, 1.165) is 28.9 Å². The molecule has 0 fully saturated rings. The van der Waals surface area contributed by atoms with Crippen LogP contribution in [-0.2, 0) is 0 Å². The van der Waals surface area contributed by atoms with Gasteiger partial charge in [-0.05, 0) is 44.0 Å². The van der Waals surface area contributed by atoms with E-state index in [4.69, 9.17) is 32.4 Å². The van der Waals surface area contributed by atoms with E-state index in [9.17, 15) is 0 Å². The summed E-state index contributed by atoms with van der Waals surface area (Å²) in [7, 11) is 0. The van der Waals surface area contributed by atoms with Crippen molar-refractivity contribution in [2.24, 2.45) is 0 Å². The van der Waals surface area contributed by atoms with Gasteiger partial charge in [0.2, 0.25) is 5.75 Å². The first-order valence-electron chi connectivity index (χ1n) is 9.15. The topological polar surface area (TPSA) is 39.7 Å². The number of ether oxygens (including phenoxy) is 1. The summed E-state index contributed by atoms with van der Waals surface area (Å²) in [5.74, 6) is 1.36. The van der Waals surface area contributed by atoms with Gasteiger partial charge in [-0.1, -0.05) is 60.5 Å². The number of nitrogens with zero attached hydrogens (tertiary/aromatic N) is 2. The monoisotopic (exact) mass is 414 g/mol. The van der Waals surface area contributed by atoms with Crippen LogP contribution in [-0.4, -0.2) is 9.61 Å². The molecule has 0 spiro atoms. The molecule has 4 nitrogen and oxygen atoms in total. The van der Waals surface area contributed by atoms with E-state index in [-0.39, 0.29) is 6.10 Å². The summed E-state index contributed by atoms with van der Waals surface area (Å²) >= 11 is 12.5. The van der Waals surface area contributed by atoms with E-state index in [1.54, 1.807) is 16.6 Å². The van der Waals surface area contributed by atoms with Crippen molar-refractivity contribution in [1.29, 1.82) is 0 Å². The highest BCUT2D eigenvalue weighted by atomic mass is 35.5. The highest BCUT2D eigenvalue weighted by molar-refractivity contribution is 6.36. The van der Waals surface area contributed by atoms with Gasteiger partial charge in [0.05, 0.1) is 5.02 Å². The van der Waals surface area contributed by atoms with Crippen LogP contribution in [0.1, 0.15) is 36.5 Å². The van der Waals surface area contributed by atoms with Crippen molar-refractivity contribution in [3.05, 3.63) is 75.6 Å². The van der Waals surface area contributed by atoms with Gasteiger partial charge in [0, 0.05) is 10.6 Å². The number of hydrogen-bond acceptors (Lipinski definition) is 3. The lowest BCUT2D eigenvalue weighted by Crippen LogP contribution is -2.06. The number of hydrogen-bond donors (Lipinski definition) is 0. The molecule has 0 saturated heterocycles. The van der Waals surface area contributed by atoms with Crippen LogP contribution in [0, 0.1) is 13.8 Å². The van der Waals surface area contributed by atoms with E-state index in [1.165, 1.54) is 0 Å². The summed E-state index contributed by atoms with van der Waals surface area (Å²) in [6.45, 7) is 5.90. The molecule has 4 aromatic rings. The van der Waals surface area contributed by atoms with Crippen molar-refractivity contribution in [1.82, 2.24) is 9.61 Å². The van der Waals surface area contributed by atoms with Crippen molar-refractivity contribution < 1.29 is 9.15 Å². The quantitative estimate of drug-likeness (QED) is 0.351. The molecule has 2 heterocycles. The number of fused-ring (bicyclic) bond motifs is 1. The zero-order chi connectivity index (χ0) is 19.8. The highest BCUT2D eigenvalue weighted by Crippen LogP contribution is 2.39. The van der Waals surface area contributed by atoms with Gasteiger partial charge in [0.25, 0.3) is 5.71 Å². The van der Waals surface area contributed by atoms with Crippen LogP contribution in [0.3, 0.4) is 0 Å². The molecule has 0 aliphatic heterocycles. The maximum Gasteiger partial charge on any atom is 0.266 e. The maximum atomic E-state index is 6.43. The van der Waals surface area contributed by atoms with Gasteiger partial charge in [-0.25, -0.2) is 0 Å². The number of benzene rings is 2. The van der Waals surface area contributed by atoms with Crippen molar-refractivity contribution >= 4 is 28.9 Å². The maximum absolute atomic E-state index is 6.43. The predicted octanol–water partition coefficient (Wildman–Crippen LogP) is 7.05. The SMILES string of the molecule is CCC(Oc1c(C)nn2c(-c3ccc(Cl)cc3Cl)c(C)oc12)c1ccccc1. The first-order chi connectivity index (χ1) is 13.5. The summed E-state index contributed by atoms with van der Waals surface area (Å²) in [5.41, 5.74) is 4.06. The van der Waals surface area contributed by atoms with Crippen LogP contribution < -0.4 is 4.74 Å². The zero-order valence-corrected chi connectivity index (χ0v) is 17.4. The second-order valence-corrected chi connectivity index (χ2v) is 7.53. The number of rotatable bonds is 5. The Morgan fingerprint density at radius 3 is 2.54 bits per heavy atom. The lowest BCUT2D eigenvalue weighted by atomic mass is 10.1. The molecule has 0 radical (unpaired) electrons. The average Bonchev–Trinajstić information content (AvgIpc) is 3.14. The normalized spacial score (nSPS) is 12.5. The largest absolute Gasteiger partial charge is 0.478 e. The van der Waals surface area contributed by atoms with E-state index in [1.807, 2.05) is 38.1 Å². The van der Waals surface area contributed by atoms with Crippen molar-refractivity contribution in [3.8, 4) is 17.0 Å². The fraction of sp³-hybridized carbons (Fsp3) is 0.227. The molecule has 144 valence electrons. The second-order valence-electron chi connectivity index (χ2n) is 6.69. The van der Waals surface area contributed by atoms with Crippen molar-refractivity contribution in [3.63, 3.8) is 0 Å². The van der Waals surface area contributed by atoms with Crippen molar-refractivity contribution in [2.45, 2.75) is 33.3 Å². The van der Waals surface area contributed by atoms with Crippen LogP contribution in [0.5, 0.6) is 5.75 Å². The smallest absolute Gasteiger partial charge is 0.266 e. The van der Waals surface area contributed by atoms with Gasteiger partial charge in [0.15, 0.2) is 0 Å². The standard InChI is InChI=1S/C22H20Cl2N2O2/c1-4-19(15-8-6-5-7-9-15)28-21-13(2)25-26-20(14(3)27-22(21)26)17-11-10-16(23)12-18(17)24/h5-12,19H,4H2,1-3H3. The Labute approximate surface area is 173 Å². The van der Waals surface area contributed by atoms with Gasteiger partial charge in [0.1, 0.15) is 23.3 Å². The molecule has 28 heavy (non-hydrogen) atoms. The van der Waals surface area contributed by atoms with Gasteiger partial charge in [-0.3, -0.25) is 0 Å². The van der Waals surface area contributed by atoms with Gasteiger partial charge in [-0.15, -0.1) is 0 Å². The lowest BCUT2D eigenvalue weighted by molar-refractivity contribution is 0.200. The average molecular weight is 415 g/mol.